The zero-order valence-electron chi connectivity index (χ0n) is 12.4. The Labute approximate surface area is 143 Å². The van der Waals surface area contributed by atoms with Gasteiger partial charge in [0.1, 0.15) is 6.04 Å². The summed E-state index contributed by atoms with van der Waals surface area (Å²) in [6, 6.07) is 12.7. The molecule has 0 aliphatic carbocycles. The van der Waals surface area contributed by atoms with Gasteiger partial charge in [-0.3, -0.25) is 9.78 Å². The second kappa shape index (κ2) is 10.2. The normalized spacial score (nSPS) is 10.8. The average molecular weight is 342 g/mol. The van der Waals surface area contributed by atoms with Crippen molar-refractivity contribution in [1.29, 1.82) is 0 Å². The van der Waals surface area contributed by atoms with Crippen molar-refractivity contribution in [3.8, 4) is 0 Å². The fraction of sp³-hybridized carbons (Fsp3) is 0.250. The summed E-state index contributed by atoms with van der Waals surface area (Å²) in [6.07, 6.45) is 4.31. The van der Waals surface area contributed by atoms with Gasteiger partial charge in [-0.1, -0.05) is 30.3 Å². The number of hydrogen-bond donors (Lipinski definition) is 1. The summed E-state index contributed by atoms with van der Waals surface area (Å²) in [7, 11) is 1.78. The molecule has 0 spiro atoms. The van der Waals surface area contributed by atoms with Crippen molar-refractivity contribution in [1.82, 2.24) is 9.88 Å². The van der Waals surface area contributed by atoms with Crippen molar-refractivity contribution >= 4 is 30.7 Å². The number of likely N-dealkylation sites (N-methyl/N-ethyl adjacent to an activating group) is 1. The van der Waals surface area contributed by atoms with Crippen LogP contribution in [-0.2, 0) is 11.2 Å². The van der Waals surface area contributed by atoms with Gasteiger partial charge >= 0.3 is 0 Å². The number of aromatic nitrogens is 1. The van der Waals surface area contributed by atoms with Gasteiger partial charge in [0.05, 0.1) is 0 Å². The minimum absolute atomic E-state index is 0. The number of amides is 1. The zero-order chi connectivity index (χ0) is 14.4. The van der Waals surface area contributed by atoms with Crippen LogP contribution in [0.2, 0.25) is 0 Å². The molecule has 1 aromatic carbocycles. The van der Waals surface area contributed by atoms with Gasteiger partial charge in [-0.15, -0.1) is 24.8 Å². The lowest BCUT2D eigenvalue weighted by Gasteiger charge is -2.21. The van der Waals surface area contributed by atoms with E-state index < -0.39 is 6.04 Å². The molecule has 120 valence electrons. The third-order valence-corrected chi connectivity index (χ3v) is 3.29. The minimum Gasteiger partial charge on any atom is -0.344 e. The summed E-state index contributed by atoms with van der Waals surface area (Å²) in [4.78, 5) is 17.9. The molecule has 1 heterocycles. The highest BCUT2D eigenvalue weighted by Gasteiger charge is 2.19. The van der Waals surface area contributed by atoms with Crippen LogP contribution >= 0.6 is 24.8 Å². The number of rotatable bonds is 5. The highest BCUT2D eigenvalue weighted by Crippen LogP contribution is 2.12. The Kier molecular flexibility index (Phi) is 9.42. The molecular weight excluding hydrogens is 321 g/mol. The largest absolute Gasteiger partial charge is 0.344 e. The first-order chi connectivity index (χ1) is 9.68. The third kappa shape index (κ3) is 5.64. The molecule has 0 saturated heterocycles. The standard InChI is InChI=1S/C16H19N3O.2ClH/c1-19(12-9-13-7-10-18-11-8-13)16(20)15(17)14-5-3-2-4-6-14;;/h2-8,10-11,15H,9,12,17H2,1H3;2*1H/t15-;;/m0../s1. The van der Waals surface area contributed by atoms with Crippen molar-refractivity contribution < 1.29 is 4.79 Å². The first-order valence-corrected chi connectivity index (χ1v) is 6.63. The summed E-state index contributed by atoms with van der Waals surface area (Å²) in [6.45, 7) is 0.642. The number of pyridine rings is 1. The highest BCUT2D eigenvalue weighted by atomic mass is 35.5. The molecule has 0 saturated carbocycles. The molecular formula is C16H21Cl2N3O. The molecule has 0 fully saturated rings. The molecule has 0 bridgehead atoms. The zero-order valence-corrected chi connectivity index (χ0v) is 14.0. The van der Waals surface area contributed by atoms with Gasteiger partial charge in [0, 0.05) is 26.0 Å². The highest BCUT2D eigenvalue weighted by molar-refractivity contribution is 5.85. The molecule has 0 aliphatic heterocycles. The van der Waals surface area contributed by atoms with E-state index in [2.05, 4.69) is 4.98 Å². The Balaban J connectivity index is 0.00000220. The Bertz CT molecular complexity index is 552. The van der Waals surface area contributed by atoms with Gasteiger partial charge in [0.15, 0.2) is 0 Å². The van der Waals surface area contributed by atoms with Gasteiger partial charge in [0.25, 0.3) is 0 Å². The smallest absolute Gasteiger partial charge is 0.243 e. The summed E-state index contributed by atoms with van der Waals surface area (Å²) >= 11 is 0. The van der Waals surface area contributed by atoms with E-state index in [-0.39, 0.29) is 30.7 Å². The van der Waals surface area contributed by atoms with Crippen LogP contribution < -0.4 is 5.73 Å². The van der Waals surface area contributed by atoms with Gasteiger partial charge in [-0.2, -0.15) is 0 Å². The second-order valence-electron chi connectivity index (χ2n) is 4.75. The van der Waals surface area contributed by atoms with Gasteiger partial charge < -0.3 is 10.6 Å². The Morgan fingerprint density at radius 1 is 1.14 bits per heavy atom. The molecule has 22 heavy (non-hydrogen) atoms. The lowest BCUT2D eigenvalue weighted by Crippen LogP contribution is -2.37. The summed E-state index contributed by atoms with van der Waals surface area (Å²) in [5.41, 5.74) is 8.01. The van der Waals surface area contributed by atoms with E-state index in [0.717, 1.165) is 17.5 Å². The van der Waals surface area contributed by atoms with Crippen molar-refractivity contribution in [2.75, 3.05) is 13.6 Å². The summed E-state index contributed by atoms with van der Waals surface area (Å²) < 4.78 is 0. The number of hydrogen-bond acceptors (Lipinski definition) is 3. The van der Waals surface area contributed by atoms with Crippen molar-refractivity contribution in [2.24, 2.45) is 5.73 Å². The van der Waals surface area contributed by atoms with Crippen molar-refractivity contribution in [2.45, 2.75) is 12.5 Å². The van der Waals surface area contributed by atoms with Crippen molar-refractivity contribution in [3.63, 3.8) is 0 Å². The molecule has 0 radical (unpaired) electrons. The minimum atomic E-state index is -0.598. The number of nitrogens with zero attached hydrogens (tertiary/aromatic N) is 2. The van der Waals surface area contributed by atoms with Gasteiger partial charge in [0.2, 0.25) is 5.91 Å². The molecule has 2 N–H and O–H groups in total. The van der Waals surface area contributed by atoms with E-state index >= 15 is 0 Å². The van der Waals surface area contributed by atoms with Crippen LogP contribution in [0.3, 0.4) is 0 Å². The van der Waals surface area contributed by atoms with E-state index in [1.165, 1.54) is 0 Å². The number of nitrogens with two attached hydrogens (primary N) is 1. The SMILES string of the molecule is CN(CCc1ccncc1)C(=O)[C@@H](N)c1ccccc1.Cl.Cl. The van der Waals surface area contributed by atoms with E-state index in [4.69, 9.17) is 5.73 Å². The molecule has 0 aliphatic rings. The van der Waals surface area contributed by atoms with Gasteiger partial charge in [-0.05, 0) is 29.7 Å². The molecule has 6 heteroatoms. The molecule has 0 unspecified atom stereocenters. The molecule has 1 atom stereocenters. The van der Waals surface area contributed by atoms with Crippen LogP contribution in [0.5, 0.6) is 0 Å². The second-order valence-corrected chi connectivity index (χ2v) is 4.75. The molecule has 1 amide bonds. The van der Waals surface area contributed by atoms with Crippen LogP contribution in [0.1, 0.15) is 17.2 Å². The summed E-state index contributed by atoms with van der Waals surface area (Å²) in [5, 5.41) is 0. The van der Waals surface area contributed by atoms with Crippen LogP contribution in [0.4, 0.5) is 0 Å². The lowest BCUT2D eigenvalue weighted by molar-refractivity contribution is -0.131. The van der Waals surface area contributed by atoms with E-state index in [0.29, 0.717) is 6.54 Å². The number of benzene rings is 1. The van der Waals surface area contributed by atoms with Crippen LogP contribution in [0.25, 0.3) is 0 Å². The predicted molar refractivity (Wildman–Crippen MR) is 93.4 cm³/mol. The maximum absolute atomic E-state index is 12.3. The first-order valence-electron chi connectivity index (χ1n) is 6.63. The quantitative estimate of drug-likeness (QED) is 0.909. The molecule has 1 aromatic heterocycles. The number of carbonyl (C=O) groups is 1. The Hall–Kier alpha value is -1.62. The van der Waals surface area contributed by atoms with E-state index in [1.54, 1.807) is 24.3 Å². The molecule has 2 rings (SSSR count). The van der Waals surface area contributed by atoms with Crippen LogP contribution in [-0.4, -0.2) is 29.4 Å². The maximum Gasteiger partial charge on any atom is 0.243 e. The third-order valence-electron chi connectivity index (χ3n) is 3.29. The lowest BCUT2D eigenvalue weighted by atomic mass is 10.1. The number of carbonyl (C=O) groups excluding carboxylic acids is 1. The van der Waals surface area contributed by atoms with E-state index in [9.17, 15) is 4.79 Å². The first kappa shape index (κ1) is 20.4. The monoisotopic (exact) mass is 341 g/mol. The maximum atomic E-state index is 12.3. The molecule has 4 nitrogen and oxygen atoms in total. The summed E-state index contributed by atoms with van der Waals surface area (Å²) in [5.74, 6) is -0.0646. The predicted octanol–water partition coefficient (Wildman–Crippen LogP) is 2.63. The Morgan fingerprint density at radius 2 is 1.73 bits per heavy atom. The van der Waals surface area contributed by atoms with Crippen LogP contribution in [0, 0.1) is 0 Å². The topological polar surface area (TPSA) is 59.2 Å². The average Bonchev–Trinajstić information content (AvgIpc) is 2.53. The van der Waals surface area contributed by atoms with Crippen LogP contribution in [0.15, 0.2) is 54.9 Å². The fourth-order valence-corrected chi connectivity index (χ4v) is 2.00. The van der Waals surface area contributed by atoms with Gasteiger partial charge in [-0.25, -0.2) is 0 Å². The Morgan fingerprint density at radius 3 is 2.32 bits per heavy atom. The number of halogens is 2. The van der Waals surface area contributed by atoms with E-state index in [1.807, 2.05) is 42.5 Å². The molecule has 2 aromatic rings. The fourth-order valence-electron chi connectivity index (χ4n) is 2.00. The van der Waals surface area contributed by atoms with Crippen molar-refractivity contribution in [3.05, 3.63) is 66.0 Å².